The molecule has 0 saturated carbocycles. The van der Waals surface area contributed by atoms with Crippen molar-refractivity contribution in [2.24, 2.45) is 0 Å². The monoisotopic (exact) mass is 817 g/mol. The number of piperidine rings is 1. The first kappa shape index (κ1) is 41.3. The molecule has 3 aromatic heterocycles. The molecule has 7 rings (SSSR count). The standard InChI is InChI=1S/C42H42F3N5O9/c1-27-31-6-4-30(23-33(31)41(53)50(27)36-7-8-38(51)48-40(36)52)58-20-18-56-16-14-54-12-13-55-15-17-57-19-21-59-39-9-3-29(24-47-39)28-2-5-32-34-25-46-11-10-35(34)49(37(32)22-28)26-42(43,44)45/h2-6,9-11,22-25,36H,1,7-8,12-21,26H2,(H,48,51,52). The molecule has 3 amide bonds. The minimum absolute atomic E-state index is 0.157. The fourth-order valence-electron chi connectivity index (χ4n) is 6.98. The van der Waals surface area contributed by atoms with E-state index in [0.717, 1.165) is 11.1 Å². The number of nitrogens with one attached hydrogen (secondary N) is 1. The van der Waals surface area contributed by atoms with Crippen LogP contribution in [0.3, 0.4) is 0 Å². The predicted molar refractivity (Wildman–Crippen MR) is 209 cm³/mol. The molecule has 1 fully saturated rings. The number of nitrogens with zero attached hydrogens (tertiary/aromatic N) is 4. The Labute approximate surface area is 336 Å². The van der Waals surface area contributed by atoms with Crippen molar-refractivity contribution < 1.29 is 56.0 Å². The molecule has 1 N–H and O–H groups in total. The van der Waals surface area contributed by atoms with Crippen LogP contribution in [-0.4, -0.2) is 115 Å². The van der Waals surface area contributed by atoms with Gasteiger partial charge in [0.05, 0.1) is 69.5 Å². The normalized spacial score (nSPS) is 15.6. The Balaban J connectivity index is 0.713. The lowest BCUT2D eigenvalue weighted by molar-refractivity contribution is -0.139. The van der Waals surface area contributed by atoms with E-state index in [0.29, 0.717) is 103 Å². The summed E-state index contributed by atoms with van der Waals surface area (Å²) in [6.07, 6.45) is 0.707. The lowest BCUT2D eigenvalue weighted by atomic mass is 10.0. The highest BCUT2D eigenvalue weighted by Gasteiger charge is 2.41. The van der Waals surface area contributed by atoms with E-state index in [1.54, 1.807) is 54.9 Å². The highest BCUT2D eigenvalue weighted by Crippen LogP contribution is 2.37. The molecule has 5 heterocycles. The first-order valence-electron chi connectivity index (χ1n) is 19.0. The van der Waals surface area contributed by atoms with Gasteiger partial charge in [0.25, 0.3) is 5.91 Å². The number of carbonyl (C=O) groups is 3. The van der Waals surface area contributed by atoms with Gasteiger partial charge in [-0.15, -0.1) is 0 Å². The second-order valence-electron chi connectivity index (χ2n) is 13.7. The fourth-order valence-corrected chi connectivity index (χ4v) is 6.98. The van der Waals surface area contributed by atoms with Crippen molar-refractivity contribution in [3.8, 4) is 22.8 Å². The molecular weight excluding hydrogens is 775 g/mol. The molecule has 2 aliphatic heterocycles. The summed E-state index contributed by atoms with van der Waals surface area (Å²) >= 11 is 0. The molecule has 59 heavy (non-hydrogen) atoms. The average molecular weight is 818 g/mol. The zero-order valence-electron chi connectivity index (χ0n) is 32.0. The van der Waals surface area contributed by atoms with Gasteiger partial charge >= 0.3 is 6.18 Å². The van der Waals surface area contributed by atoms with Gasteiger partial charge in [-0.05, 0) is 48.4 Å². The molecule has 5 aromatic rings. The molecule has 2 aliphatic rings. The number of fused-ring (bicyclic) bond motifs is 4. The van der Waals surface area contributed by atoms with Gasteiger partial charge in [-0.3, -0.25) is 29.6 Å². The van der Waals surface area contributed by atoms with Gasteiger partial charge in [0.15, 0.2) is 0 Å². The smallest absolute Gasteiger partial charge is 0.406 e. The number of alkyl halides is 3. The third-order valence-electron chi connectivity index (χ3n) is 9.73. The number of pyridine rings is 2. The first-order valence-corrected chi connectivity index (χ1v) is 19.0. The summed E-state index contributed by atoms with van der Waals surface area (Å²) in [6.45, 7) is 6.30. The number of imide groups is 1. The number of halogens is 3. The van der Waals surface area contributed by atoms with Gasteiger partial charge in [0.2, 0.25) is 17.7 Å². The van der Waals surface area contributed by atoms with Crippen molar-refractivity contribution in [1.29, 1.82) is 0 Å². The Morgan fingerprint density at radius 2 is 1.41 bits per heavy atom. The number of ether oxygens (including phenoxy) is 6. The zero-order valence-corrected chi connectivity index (χ0v) is 32.0. The Morgan fingerprint density at radius 1 is 0.729 bits per heavy atom. The van der Waals surface area contributed by atoms with Crippen molar-refractivity contribution in [2.75, 3.05) is 66.1 Å². The number of rotatable bonds is 20. The number of carbonyl (C=O) groups excluding carboxylic acids is 3. The minimum Gasteiger partial charge on any atom is -0.491 e. The summed E-state index contributed by atoms with van der Waals surface area (Å²) in [7, 11) is 0. The molecule has 1 atom stereocenters. The summed E-state index contributed by atoms with van der Waals surface area (Å²) < 4.78 is 75.2. The summed E-state index contributed by atoms with van der Waals surface area (Å²) in [4.78, 5) is 46.8. The predicted octanol–water partition coefficient (Wildman–Crippen LogP) is 5.57. The summed E-state index contributed by atoms with van der Waals surface area (Å²) in [5, 5.41) is 3.64. The number of aromatic nitrogens is 3. The van der Waals surface area contributed by atoms with Crippen LogP contribution in [0.5, 0.6) is 11.6 Å². The first-order chi connectivity index (χ1) is 28.6. The minimum atomic E-state index is -4.38. The van der Waals surface area contributed by atoms with Crippen LogP contribution in [0.25, 0.3) is 38.6 Å². The van der Waals surface area contributed by atoms with Crippen LogP contribution >= 0.6 is 0 Å². The Kier molecular flexibility index (Phi) is 13.2. The summed E-state index contributed by atoms with van der Waals surface area (Å²) in [6, 6.07) is 14.8. The molecule has 2 aromatic carbocycles. The molecule has 0 spiro atoms. The molecule has 14 nitrogen and oxygen atoms in total. The van der Waals surface area contributed by atoms with Crippen LogP contribution in [0.4, 0.5) is 13.2 Å². The Hall–Kier alpha value is -5.88. The van der Waals surface area contributed by atoms with Crippen LogP contribution in [0.2, 0.25) is 0 Å². The van der Waals surface area contributed by atoms with Crippen LogP contribution in [0.1, 0.15) is 28.8 Å². The number of hydrogen-bond acceptors (Lipinski definition) is 11. The maximum Gasteiger partial charge on any atom is 0.406 e. The average Bonchev–Trinajstić information content (AvgIpc) is 3.65. The van der Waals surface area contributed by atoms with Crippen molar-refractivity contribution in [2.45, 2.75) is 31.6 Å². The van der Waals surface area contributed by atoms with E-state index in [-0.39, 0.29) is 37.9 Å². The molecular formula is C42H42F3N5O9. The zero-order chi connectivity index (χ0) is 41.4. The van der Waals surface area contributed by atoms with Crippen molar-refractivity contribution in [1.82, 2.24) is 24.8 Å². The third-order valence-corrected chi connectivity index (χ3v) is 9.73. The molecule has 310 valence electrons. The number of amides is 3. The van der Waals surface area contributed by atoms with Crippen LogP contribution in [0.15, 0.2) is 79.8 Å². The summed E-state index contributed by atoms with van der Waals surface area (Å²) in [5.41, 5.74) is 3.83. The van der Waals surface area contributed by atoms with Crippen LogP contribution in [-0.2, 0) is 35.1 Å². The van der Waals surface area contributed by atoms with E-state index in [1.807, 2.05) is 12.1 Å². The number of benzene rings is 2. The quantitative estimate of drug-likeness (QED) is 0.0776. The molecule has 1 saturated heterocycles. The van der Waals surface area contributed by atoms with Gasteiger partial charge in [0.1, 0.15) is 31.5 Å². The second-order valence-corrected chi connectivity index (χ2v) is 13.7. The summed E-state index contributed by atoms with van der Waals surface area (Å²) in [5.74, 6) is -0.338. The molecule has 17 heteroatoms. The van der Waals surface area contributed by atoms with Crippen LogP contribution < -0.4 is 14.8 Å². The second kappa shape index (κ2) is 18.8. The van der Waals surface area contributed by atoms with E-state index < -0.39 is 24.7 Å². The van der Waals surface area contributed by atoms with E-state index in [4.69, 9.17) is 28.4 Å². The molecule has 0 radical (unpaired) electrons. The highest BCUT2D eigenvalue weighted by molar-refractivity contribution is 6.13. The molecule has 1 unspecified atom stereocenters. The van der Waals surface area contributed by atoms with Crippen LogP contribution in [0, 0.1) is 0 Å². The molecule has 0 aliphatic carbocycles. The van der Waals surface area contributed by atoms with E-state index in [2.05, 4.69) is 21.9 Å². The number of hydrogen-bond donors (Lipinski definition) is 1. The van der Waals surface area contributed by atoms with Crippen molar-refractivity contribution in [3.63, 3.8) is 0 Å². The van der Waals surface area contributed by atoms with Gasteiger partial charge in [-0.1, -0.05) is 18.7 Å². The molecule has 0 bridgehead atoms. The third kappa shape index (κ3) is 10.1. The lowest BCUT2D eigenvalue weighted by Crippen LogP contribution is -2.52. The topological polar surface area (TPSA) is 153 Å². The van der Waals surface area contributed by atoms with Crippen molar-refractivity contribution >= 4 is 45.2 Å². The van der Waals surface area contributed by atoms with Gasteiger partial charge in [-0.25, -0.2) is 4.98 Å². The lowest BCUT2D eigenvalue weighted by Gasteiger charge is -2.30. The SMILES string of the molecule is C=C1c2ccc(OCCOCCOCCOCCOCCOc3ccc(-c4ccc5c6cnccc6n(CC(F)(F)F)c5c4)cn3)cc2C(=O)N1C1CCC(=O)NC1=O. The Bertz CT molecular complexity index is 2320. The Morgan fingerprint density at radius 3 is 2.07 bits per heavy atom. The maximum absolute atomic E-state index is 13.4. The van der Waals surface area contributed by atoms with E-state index >= 15 is 0 Å². The van der Waals surface area contributed by atoms with Gasteiger partial charge < -0.3 is 33.0 Å². The highest BCUT2D eigenvalue weighted by atomic mass is 19.4. The van der Waals surface area contributed by atoms with Crippen molar-refractivity contribution in [3.05, 3.63) is 90.9 Å². The van der Waals surface area contributed by atoms with Gasteiger partial charge in [-0.2, -0.15) is 13.2 Å². The largest absolute Gasteiger partial charge is 0.491 e. The van der Waals surface area contributed by atoms with Gasteiger partial charge in [0, 0.05) is 58.7 Å². The van der Waals surface area contributed by atoms with E-state index in [9.17, 15) is 27.6 Å². The maximum atomic E-state index is 13.4. The van der Waals surface area contributed by atoms with E-state index in [1.165, 1.54) is 15.7 Å². The fraction of sp³-hybridized carbons (Fsp3) is 0.357.